The Kier molecular flexibility index (Phi) is 4.20. The van der Waals surface area contributed by atoms with E-state index in [0.717, 1.165) is 6.54 Å². The SMILES string of the molecule is COc1ncc2nc(NC(=O)NC[C@]3(C)CN4CCC3CC4)sc2n1. The molecule has 134 valence electrons. The summed E-state index contributed by atoms with van der Waals surface area (Å²) in [5, 5.41) is 6.34. The fraction of sp³-hybridized carbons (Fsp3) is 0.625. The van der Waals surface area contributed by atoms with E-state index in [2.05, 4.69) is 37.4 Å². The third-order valence-corrected chi connectivity index (χ3v) is 6.22. The van der Waals surface area contributed by atoms with Crippen LogP contribution in [-0.2, 0) is 0 Å². The number of nitrogens with one attached hydrogen (secondary N) is 2. The molecule has 3 aliphatic heterocycles. The van der Waals surface area contributed by atoms with Crippen molar-refractivity contribution in [1.29, 1.82) is 0 Å². The molecule has 0 unspecified atom stereocenters. The van der Waals surface area contributed by atoms with Crippen molar-refractivity contribution in [2.24, 2.45) is 11.3 Å². The van der Waals surface area contributed by atoms with Gasteiger partial charge in [0.25, 0.3) is 0 Å². The van der Waals surface area contributed by atoms with Gasteiger partial charge in [-0.05, 0) is 31.8 Å². The Morgan fingerprint density at radius 2 is 2.24 bits per heavy atom. The number of anilines is 1. The van der Waals surface area contributed by atoms with Gasteiger partial charge in [-0.1, -0.05) is 18.3 Å². The van der Waals surface area contributed by atoms with Crippen LogP contribution >= 0.6 is 11.3 Å². The molecule has 25 heavy (non-hydrogen) atoms. The monoisotopic (exact) mass is 362 g/mol. The maximum Gasteiger partial charge on any atom is 0.321 e. The van der Waals surface area contributed by atoms with Gasteiger partial charge in [-0.3, -0.25) is 5.32 Å². The molecule has 0 radical (unpaired) electrons. The number of thiazole rings is 1. The van der Waals surface area contributed by atoms with Gasteiger partial charge >= 0.3 is 12.0 Å². The molecule has 0 saturated carbocycles. The van der Waals surface area contributed by atoms with E-state index in [1.807, 2.05) is 0 Å². The lowest BCUT2D eigenvalue weighted by Gasteiger charge is -2.51. The number of ether oxygens (including phenoxy) is 1. The molecule has 9 heteroatoms. The van der Waals surface area contributed by atoms with Crippen LogP contribution in [0.15, 0.2) is 6.20 Å². The van der Waals surface area contributed by atoms with Crippen LogP contribution in [-0.4, -0.2) is 59.2 Å². The molecule has 2 bridgehead atoms. The summed E-state index contributed by atoms with van der Waals surface area (Å²) in [7, 11) is 1.52. The summed E-state index contributed by atoms with van der Waals surface area (Å²) < 4.78 is 5.01. The highest BCUT2D eigenvalue weighted by molar-refractivity contribution is 7.21. The van der Waals surface area contributed by atoms with E-state index < -0.39 is 0 Å². The van der Waals surface area contributed by atoms with Crippen molar-refractivity contribution in [1.82, 2.24) is 25.2 Å². The molecule has 1 atom stereocenters. The molecular weight excluding hydrogens is 340 g/mol. The van der Waals surface area contributed by atoms with E-state index in [1.165, 1.54) is 44.4 Å². The molecule has 5 heterocycles. The minimum absolute atomic E-state index is 0.153. The lowest BCUT2D eigenvalue weighted by Crippen LogP contribution is -2.57. The highest BCUT2D eigenvalue weighted by Crippen LogP contribution is 2.41. The summed E-state index contributed by atoms with van der Waals surface area (Å²) in [6.07, 6.45) is 4.06. The van der Waals surface area contributed by atoms with E-state index in [0.29, 0.717) is 34.0 Å². The summed E-state index contributed by atoms with van der Waals surface area (Å²) >= 11 is 1.31. The Morgan fingerprint density at radius 1 is 1.44 bits per heavy atom. The molecule has 0 spiro atoms. The van der Waals surface area contributed by atoms with Crippen LogP contribution in [0.4, 0.5) is 9.93 Å². The summed E-state index contributed by atoms with van der Waals surface area (Å²) in [5.74, 6) is 0.697. The van der Waals surface area contributed by atoms with Crippen molar-refractivity contribution in [3.05, 3.63) is 6.20 Å². The summed E-state index contributed by atoms with van der Waals surface area (Å²) in [4.78, 5) is 28.0. The predicted molar refractivity (Wildman–Crippen MR) is 96.1 cm³/mol. The van der Waals surface area contributed by atoms with Crippen molar-refractivity contribution >= 4 is 32.8 Å². The third kappa shape index (κ3) is 3.25. The smallest absolute Gasteiger partial charge is 0.321 e. The third-order valence-electron chi connectivity index (χ3n) is 5.34. The average Bonchev–Trinajstić information content (AvgIpc) is 3.02. The number of hydrogen-bond donors (Lipinski definition) is 2. The lowest BCUT2D eigenvalue weighted by atomic mass is 9.68. The molecule has 3 fully saturated rings. The summed E-state index contributed by atoms with van der Waals surface area (Å²) in [6.45, 7) is 6.42. The summed E-state index contributed by atoms with van der Waals surface area (Å²) in [5.41, 5.74) is 0.797. The van der Waals surface area contributed by atoms with E-state index >= 15 is 0 Å². The second kappa shape index (κ2) is 6.38. The molecule has 2 aromatic heterocycles. The van der Waals surface area contributed by atoms with E-state index in [-0.39, 0.29) is 11.4 Å². The molecule has 3 aliphatic rings. The zero-order valence-electron chi connectivity index (χ0n) is 14.4. The Labute approximate surface area is 150 Å². The maximum absolute atomic E-state index is 12.3. The van der Waals surface area contributed by atoms with E-state index in [1.54, 1.807) is 6.20 Å². The average molecular weight is 362 g/mol. The van der Waals surface area contributed by atoms with Gasteiger partial charge < -0.3 is 15.0 Å². The Balaban J connectivity index is 1.37. The molecule has 2 aromatic rings. The fourth-order valence-corrected chi connectivity index (χ4v) is 4.72. The van der Waals surface area contributed by atoms with Gasteiger partial charge in [0, 0.05) is 18.5 Å². The first kappa shape index (κ1) is 16.5. The number of amides is 2. The minimum atomic E-state index is -0.225. The first-order chi connectivity index (χ1) is 12.1. The molecular formula is C16H22N6O2S. The number of nitrogens with zero attached hydrogens (tertiary/aromatic N) is 4. The lowest BCUT2D eigenvalue weighted by molar-refractivity contribution is -0.0140. The number of piperidine rings is 3. The number of carbonyl (C=O) groups is 1. The number of methoxy groups -OCH3 is 1. The molecule has 3 saturated heterocycles. The van der Waals surface area contributed by atoms with Crippen LogP contribution in [0.2, 0.25) is 0 Å². The quantitative estimate of drug-likeness (QED) is 0.864. The van der Waals surface area contributed by atoms with Crippen LogP contribution in [0, 0.1) is 11.3 Å². The van der Waals surface area contributed by atoms with Gasteiger partial charge in [0.05, 0.1) is 13.3 Å². The van der Waals surface area contributed by atoms with E-state index in [9.17, 15) is 4.79 Å². The topological polar surface area (TPSA) is 92.3 Å². The minimum Gasteiger partial charge on any atom is -0.467 e. The van der Waals surface area contributed by atoms with E-state index in [4.69, 9.17) is 4.74 Å². The summed E-state index contributed by atoms with van der Waals surface area (Å²) in [6, 6.07) is 0.0686. The van der Waals surface area contributed by atoms with Gasteiger partial charge in [-0.2, -0.15) is 4.98 Å². The molecule has 2 N–H and O–H groups in total. The Morgan fingerprint density at radius 3 is 2.92 bits per heavy atom. The first-order valence-electron chi connectivity index (χ1n) is 8.50. The predicted octanol–water partition coefficient (Wildman–Crippen LogP) is 1.95. The second-order valence-electron chi connectivity index (χ2n) is 7.08. The highest BCUT2D eigenvalue weighted by atomic mass is 32.1. The number of carbonyl (C=O) groups excluding carboxylic acids is 1. The van der Waals surface area contributed by atoms with Crippen molar-refractivity contribution in [3.8, 4) is 6.01 Å². The number of hydrogen-bond acceptors (Lipinski definition) is 7. The molecule has 2 amide bonds. The van der Waals surface area contributed by atoms with Gasteiger partial charge in [0.2, 0.25) is 0 Å². The normalized spacial score (nSPS) is 28.1. The zero-order valence-corrected chi connectivity index (χ0v) is 15.2. The van der Waals surface area contributed by atoms with Crippen LogP contribution in [0.5, 0.6) is 6.01 Å². The fourth-order valence-electron chi connectivity index (χ4n) is 3.92. The Bertz CT molecular complexity index is 788. The number of urea groups is 1. The van der Waals surface area contributed by atoms with Crippen LogP contribution in [0.3, 0.4) is 0 Å². The van der Waals surface area contributed by atoms with Crippen molar-refractivity contribution < 1.29 is 9.53 Å². The van der Waals surface area contributed by atoms with Gasteiger partial charge in [0.1, 0.15) is 5.52 Å². The maximum atomic E-state index is 12.3. The molecule has 0 aromatic carbocycles. The first-order valence-corrected chi connectivity index (χ1v) is 9.32. The van der Waals surface area contributed by atoms with Gasteiger partial charge in [-0.25, -0.2) is 14.8 Å². The Hall–Kier alpha value is -2.00. The molecule has 8 nitrogen and oxygen atoms in total. The van der Waals surface area contributed by atoms with Crippen molar-refractivity contribution in [3.63, 3.8) is 0 Å². The molecule has 5 rings (SSSR count). The number of rotatable bonds is 4. The van der Waals surface area contributed by atoms with Crippen LogP contribution in [0.25, 0.3) is 10.3 Å². The zero-order chi connectivity index (χ0) is 17.4. The van der Waals surface area contributed by atoms with Gasteiger partial charge in [0.15, 0.2) is 9.96 Å². The second-order valence-corrected chi connectivity index (χ2v) is 8.06. The number of aromatic nitrogens is 3. The highest BCUT2D eigenvalue weighted by Gasteiger charge is 2.43. The van der Waals surface area contributed by atoms with Crippen molar-refractivity contribution in [2.45, 2.75) is 19.8 Å². The van der Waals surface area contributed by atoms with Crippen molar-refractivity contribution in [2.75, 3.05) is 38.6 Å². The van der Waals surface area contributed by atoms with Crippen LogP contribution in [0.1, 0.15) is 19.8 Å². The molecule has 0 aliphatic carbocycles. The van der Waals surface area contributed by atoms with Gasteiger partial charge in [-0.15, -0.1) is 0 Å². The number of fused-ring (bicyclic) bond motifs is 4. The largest absolute Gasteiger partial charge is 0.467 e. The van der Waals surface area contributed by atoms with Crippen LogP contribution < -0.4 is 15.4 Å². The standard InChI is InChI=1S/C16H22N6O2S/c1-16(9-22-5-3-10(16)4-6-22)8-18-13(23)21-15-19-11-7-17-14(24-2)20-12(11)25-15/h7,10H,3-6,8-9H2,1-2H3,(H2,18,19,21,23)/t16-/m1/s1.